The molecule has 0 aliphatic rings. The van der Waals surface area contributed by atoms with Gasteiger partial charge in [-0.05, 0) is 0 Å². The van der Waals surface area contributed by atoms with Crippen molar-refractivity contribution in [3.8, 4) is 0 Å². The van der Waals surface area contributed by atoms with E-state index in [0.717, 1.165) is 5.56 Å². The lowest BCUT2D eigenvalue weighted by atomic mass is 10.2. The van der Waals surface area contributed by atoms with Gasteiger partial charge in [0.2, 0.25) is 5.78 Å². The lowest BCUT2D eigenvalue weighted by molar-refractivity contribution is -0.689. The van der Waals surface area contributed by atoms with E-state index >= 15 is 0 Å². The molecule has 0 spiro atoms. The molecule has 0 aliphatic heterocycles. The summed E-state index contributed by atoms with van der Waals surface area (Å²) in [4.78, 5) is 15.2. The van der Waals surface area contributed by atoms with Crippen molar-refractivity contribution in [3.63, 3.8) is 0 Å². The molecule has 2 rings (SSSR count). The van der Waals surface area contributed by atoms with Crippen molar-refractivity contribution in [1.82, 2.24) is 4.98 Å². The van der Waals surface area contributed by atoms with Crippen LogP contribution in [0.5, 0.6) is 0 Å². The summed E-state index contributed by atoms with van der Waals surface area (Å²) in [6.07, 6.45) is 5.00. The molecule has 0 aliphatic carbocycles. The Morgan fingerprint density at radius 2 is 2.06 bits per heavy atom. The molecule has 0 atom stereocenters. The fraction of sp³-hybridized carbons (Fsp3) is 0.154. The molecule has 1 aromatic carbocycles. The van der Waals surface area contributed by atoms with Crippen LogP contribution in [0.4, 0.5) is 0 Å². The van der Waals surface area contributed by atoms with Crippen LogP contribution in [0.25, 0.3) is 0 Å². The van der Waals surface area contributed by atoms with Gasteiger partial charge in [-0.15, -0.1) is 0 Å². The molecule has 0 bridgehead atoms. The SMILES string of the molecule is O=C(CO)c1c[n+](Cc2ccccc2)ccn1. The van der Waals surface area contributed by atoms with Gasteiger partial charge in [-0.3, -0.25) is 4.79 Å². The third kappa shape index (κ3) is 2.95. The summed E-state index contributed by atoms with van der Waals surface area (Å²) in [5, 5.41) is 8.77. The Bertz CT molecular complexity index is 512. The van der Waals surface area contributed by atoms with E-state index in [1.807, 2.05) is 34.9 Å². The monoisotopic (exact) mass is 229 g/mol. The molecule has 0 saturated heterocycles. The molecular formula is C13H13N2O2+. The van der Waals surface area contributed by atoms with Gasteiger partial charge in [-0.25, -0.2) is 4.98 Å². The van der Waals surface area contributed by atoms with Crippen LogP contribution in [0.3, 0.4) is 0 Å². The van der Waals surface area contributed by atoms with Crippen molar-refractivity contribution in [2.45, 2.75) is 6.54 Å². The highest BCUT2D eigenvalue weighted by Gasteiger charge is 2.11. The van der Waals surface area contributed by atoms with Gasteiger partial charge in [-0.1, -0.05) is 30.3 Å². The quantitative estimate of drug-likeness (QED) is 0.616. The molecule has 0 amide bonds. The third-order valence-corrected chi connectivity index (χ3v) is 2.40. The first-order chi connectivity index (χ1) is 8.29. The van der Waals surface area contributed by atoms with Crippen molar-refractivity contribution in [3.05, 3.63) is 60.2 Å². The Morgan fingerprint density at radius 3 is 2.76 bits per heavy atom. The molecule has 0 unspecified atom stereocenters. The molecule has 0 fully saturated rings. The van der Waals surface area contributed by atoms with Gasteiger partial charge in [0.05, 0.1) is 6.20 Å². The minimum Gasteiger partial charge on any atom is -0.388 e. The number of aromatic nitrogens is 2. The standard InChI is InChI=1S/C13H13N2O2/c16-10-13(17)12-9-15(7-6-14-12)8-11-4-2-1-3-5-11/h1-7,9,16H,8,10H2/q+1. The van der Waals surface area contributed by atoms with Gasteiger partial charge in [0, 0.05) is 5.56 Å². The Hall–Kier alpha value is -2.07. The zero-order chi connectivity index (χ0) is 12.1. The molecule has 1 aromatic heterocycles. The number of ketones is 1. The van der Waals surface area contributed by atoms with E-state index in [1.54, 1.807) is 18.6 Å². The predicted molar refractivity (Wildman–Crippen MR) is 61.4 cm³/mol. The Morgan fingerprint density at radius 1 is 1.29 bits per heavy atom. The van der Waals surface area contributed by atoms with Crippen LogP contribution in [-0.2, 0) is 6.54 Å². The number of benzene rings is 1. The molecule has 1 N–H and O–H groups in total. The summed E-state index contributed by atoms with van der Waals surface area (Å²) >= 11 is 0. The molecule has 4 heteroatoms. The van der Waals surface area contributed by atoms with Crippen LogP contribution >= 0.6 is 0 Å². The van der Waals surface area contributed by atoms with Crippen molar-refractivity contribution in [1.29, 1.82) is 0 Å². The zero-order valence-corrected chi connectivity index (χ0v) is 9.28. The molecule has 17 heavy (non-hydrogen) atoms. The van der Waals surface area contributed by atoms with Crippen LogP contribution in [-0.4, -0.2) is 22.5 Å². The normalized spacial score (nSPS) is 10.2. The summed E-state index contributed by atoms with van der Waals surface area (Å²) < 4.78 is 1.87. The highest BCUT2D eigenvalue weighted by atomic mass is 16.3. The number of carbonyl (C=O) groups is 1. The topological polar surface area (TPSA) is 54.1 Å². The van der Waals surface area contributed by atoms with Crippen LogP contribution in [0, 0.1) is 0 Å². The second-order valence-corrected chi connectivity index (χ2v) is 3.68. The molecule has 0 saturated carbocycles. The maximum absolute atomic E-state index is 11.3. The first-order valence-corrected chi connectivity index (χ1v) is 5.32. The number of aliphatic hydroxyl groups excluding tert-OH is 1. The Labute approximate surface area is 99.2 Å². The van der Waals surface area contributed by atoms with Gasteiger partial charge < -0.3 is 5.11 Å². The molecule has 4 nitrogen and oxygen atoms in total. The molecular weight excluding hydrogens is 216 g/mol. The highest BCUT2D eigenvalue weighted by molar-refractivity contribution is 5.94. The van der Waals surface area contributed by atoms with E-state index in [0.29, 0.717) is 6.54 Å². The minimum absolute atomic E-state index is 0.283. The maximum Gasteiger partial charge on any atom is 0.212 e. The molecule has 0 radical (unpaired) electrons. The number of rotatable bonds is 4. The average Bonchev–Trinajstić information content (AvgIpc) is 2.39. The maximum atomic E-state index is 11.3. The Balaban J connectivity index is 2.20. The van der Waals surface area contributed by atoms with Gasteiger partial charge >= 0.3 is 0 Å². The van der Waals surface area contributed by atoms with E-state index in [1.165, 1.54) is 0 Å². The van der Waals surface area contributed by atoms with E-state index in [-0.39, 0.29) is 11.5 Å². The number of nitrogens with zero attached hydrogens (tertiary/aromatic N) is 2. The number of carbonyl (C=O) groups excluding carboxylic acids is 1. The second kappa shape index (κ2) is 5.32. The fourth-order valence-corrected chi connectivity index (χ4v) is 1.55. The van der Waals surface area contributed by atoms with Gasteiger partial charge in [0.25, 0.3) is 0 Å². The minimum atomic E-state index is -0.512. The van der Waals surface area contributed by atoms with E-state index in [4.69, 9.17) is 5.11 Å². The smallest absolute Gasteiger partial charge is 0.212 e. The summed E-state index contributed by atoms with van der Waals surface area (Å²) in [6.45, 7) is 0.164. The lowest BCUT2D eigenvalue weighted by Gasteiger charge is -1.98. The van der Waals surface area contributed by atoms with E-state index in [2.05, 4.69) is 4.98 Å². The van der Waals surface area contributed by atoms with Crippen molar-refractivity contribution in [2.75, 3.05) is 6.61 Å². The highest BCUT2D eigenvalue weighted by Crippen LogP contribution is 1.98. The largest absolute Gasteiger partial charge is 0.388 e. The average molecular weight is 229 g/mol. The fourth-order valence-electron chi connectivity index (χ4n) is 1.55. The first-order valence-electron chi connectivity index (χ1n) is 5.32. The second-order valence-electron chi connectivity index (χ2n) is 3.68. The van der Waals surface area contributed by atoms with Crippen molar-refractivity contribution < 1.29 is 14.5 Å². The van der Waals surface area contributed by atoms with Crippen LogP contribution < -0.4 is 4.57 Å². The van der Waals surface area contributed by atoms with E-state index < -0.39 is 6.61 Å². The number of hydrogen-bond acceptors (Lipinski definition) is 3. The van der Waals surface area contributed by atoms with Crippen LogP contribution in [0.2, 0.25) is 0 Å². The van der Waals surface area contributed by atoms with Crippen molar-refractivity contribution in [2.24, 2.45) is 0 Å². The van der Waals surface area contributed by atoms with Crippen molar-refractivity contribution >= 4 is 5.78 Å². The zero-order valence-electron chi connectivity index (χ0n) is 9.28. The number of hydrogen-bond donors (Lipinski definition) is 1. The summed E-state index contributed by atoms with van der Waals surface area (Å²) in [5.41, 5.74) is 1.43. The van der Waals surface area contributed by atoms with Crippen LogP contribution in [0.15, 0.2) is 48.9 Å². The van der Waals surface area contributed by atoms with Gasteiger partial charge in [-0.2, -0.15) is 4.57 Å². The lowest BCUT2D eigenvalue weighted by Crippen LogP contribution is -2.35. The first kappa shape index (κ1) is 11.4. The summed E-state index contributed by atoms with van der Waals surface area (Å²) in [7, 11) is 0. The molecule has 2 aromatic rings. The van der Waals surface area contributed by atoms with Gasteiger partial charge in [0.15, 0.2) is 24.6 Å². The van der Waals surface area contributed by atoms with Crippen LogP contribution in [0.1, 0.15) is 16.1 Å². The third-order valence-electron chi connectivity index (χ3n) is 2.40. The summed E-state index contributed by atoms with van der Waals surface area (Å²) in [6, 6.07) is 9.93. The number of aliphatic hydroxyl groups is 1. The molecule has 1 heterocycles. The van der Waals surface area contributed by atoms with E-state index in [9.17, 15) is 4.79 Å². The predicted octanol–water partition coefficient (Wildman–Crippen LogP) is 0.592. The van der Waals surface area contributed by atoms with Gasteiger partial charge in [0.1, 0.15) is 6.61 Å². The molecule has 86 valence electrons. The Kier molecular flexibility index (Phi) is 3.57. The summed E-state index contributed by atoms with van der Waals surface area (Å²) in [5.74, 6) is -0.368. The number of Topliss-reactive ketones (excluding diaryl/α,β-unsaturated/α-hetero) is 1.